The number of carbonyl (C=O) groups excluding carboxylic acids is 2. The Morgan fingerprint density at radius 1 is 1.33 bits per heavy atom. The quantitative estimate of drug-likeness (QED) is 0.307. The highest BCUT2D eigenvalue weighted by Gasteiger charge is 2.61. The molecule has 4 aliphatic rings. The van der Waals surface area contributed by atoms with Crippen LogP contribution in [0.4, 0.5) is 13.2 Å². The van der Waals surface area contributed by atoms with Crippen molar-refractivity contribution in [2.45, 2.75) is 61.6 Å². The number of nitrogens with zero attached hydrogens (tertiary/aromatic N) is 2. The second kappa shape index (κ2) is 9.45. The van der Waals surface area contributed by atoms with E-state index in [4.69, 9.17) is 5.73 Å². The zero-order valence-corrected chi connectivity index (χ0v) is 21.1. The van der Waals surface area contributed by atoms with E-state index >= 15 is 0 Å². The zero-order chi connectivity index (χ0) is 26.7. The molecule has 0 bridgehead atoms. The minimum absolute atomic E-state index is 0.0545. The van der Waals surface area contributed by atoms with Crippen molar-refractivity contribution >= 4 is 39.6 Å². The molecule has 202 valence electrons. The highest BCUT2D eigenvalue weighted by atomic mass is 32.2. The van der Waals surface area contributed by atoms with E-state index in [1.807, 2.05) is 0 Å². The molecule has 4 heterocycles. The average molecular weight is 556 g/mol. The Kier molecular flexibility index (Phi) is 7.13. The van der Waals surface area contributed by atoms with Gasteiger partial charge in [-0.05, 0) is 19.8 Å². The lowest BCUT2D eigenvalue weighted by molar-refractivity contribution is -0.158. The standard InChI is InChI=1S/C20H28F3N5O6S2/c1-8-14-13(9(2)26-36(33,34)20(21,22)23)18(30)28(14)15(19(31)32)16(8)35-11-5-12(25-6-11)17(29)27-4-3-10(24)7-27/h8-14,25-26H,3-7,24H2,1-2H3,(H,31,32)/t8-,9?,10-,11+,12+,13-,14-/m1/s1. The molecule has 0 aromatic carbocycles. The molecule has 7 atom stereocenters. The van der Waals surface area contributed by atoms with Crippen LogP contribution in [0.5, 0.6) is 0 Å². The normalized spacial score (nSPS) is 33.7. The van der Waals surface area contributed by atoms with E-state index in [-0.39, 0.29) is 22.9 Å². The number of rotatable bonds is 7. The molecule has 3 fully saturated rings. The van der Waals surface area contributed by atoms with Gasteiger partial charge in [-0.3, -0.25) is 9.59 Å². The number of nitrogens with two attached hydrogens (primary N) is 1. The summed E-state index contributed by atoms with van der Waals surface area (Å²) in [5.74, 6) is -3.87. The fourth-order valence-corrected chi connectivity index (χ4v) is 7.70. The summed E-state index contributed by atoms with van der Waals surface area (Å²) in [5.41, 5.74) is 0.0984. The molecule has 0 aliphatic carbocycles. The number of likely N-dealkylation sites (tertiary alicyclic amines) is 1. The molecule has 0 radical (unpaired) electrons. The van der Waals surface area contributed by atoms with E-state index in [0.717, 1.165) is 18.2 Å². The highest BCUT2D eigenvalue weighted by Crippen LogP contribution is 2.52. The summed E-state index contributed by atoms with van der Waals surface area (Å²) in [4.78, 5) is 40.8. The molecule has 3 saturated heterocycles. The van der Waals surface area contributed by atoms with Gasteiger partial charge in [0.1, 0.15) is 5.70 Å². The number of nitrogens with one attached hydrogen (secondary N) is 2. The van der Waals surface area contributed by atoms with Crippen molar-refractivity contribution in [2.24, 2.45) is 17.6 Å². The number of aliphatic carboxylic acids is 1. The average Bonchev–Trinajstić information content (AvgIpc) is 3.45. The molecular weight excluding hydrogens is 527 g/mol. The van der Waals surface area contributed by atoms with E-state index in [1.54, 1.807) is 11.8 Å². The summed E-state index contributed by atoms with van der Waals surface area (Å²) in [5, 5.41) is 12.8. The lowest BCUT2D eigenvalue weighted by atomic mass is 9.78. The van der Waals surface area contributed by atoms with Gasteiger partial charge in [0.15, 0.2) is 0 Å². The van der Waals surface area contributed by atoms with E-state index in [1.165, 1.54) is 16.5 Å². The van der Waals surface area contributed by atoms with Crippen molar-refractivity contribution in [3.05, 3.63) is 10.6 Å². The summed E-state index contributed by atoms with van der Waals surface area (Å²) in [6, 6.07) is -2.69. The molecule has 0 spiro atoms. The van der Waals surface area contributed by atoms with Crippen LogP contribution >= 0.6 is 11.8 Å². The number of hydrogen-bond acceptors (Lipinski definition) is 8. The number of halogens is 3. The third kappa shape index (κ3) is 4.61. The number of hydrogen-bond donors (Lipinski definition) is 4. The predicted molar refractivity (Wildman–Crippen MR) is 122 cm³/mol. The fourth-order valence-electron chi connectivity index (χ4n) is 5.45. The lowest BCUT2D eigenvalue weighted by Crippen LogP contribution is -2.66. The van der Waals surface area contributed by atoms with Crippen LogP contribution in [-0.4, -0.2) is 95.7 Å². The summed E-state index contributed by atoms with van der Waals surface area (Å²) >= 11 is 1.23. The van der Waals surface area contributed by atoms with Gasteiger partial charge in [-0.25, -0.2) is 17.9 Å². The van der Waals surface area contributed by atoms with Crippen LogP contribution in [-0.2, 0) is 24.4 Å². The monoisotopic (exact) mass is 555 g/mol. The molecule has 36 heavy (non-hydrogen) atoms. The van der Waals surface area contributed by atoms with Crippen molar-refractivity contribution in [3.8, 4) is 0 Å². The maximum absolute atomic E-state index is 12.8. The van der Waals surface area contributed by atoms with E-state index in [9.17, 15) is 41.1 Å². The maximum Gasteiger partial charge on any atom is 0.511 e. The second-order valence-electron chi connectivity index (χ2n) is 9.66. The third-order valence-corrected chi connectivity index (χ3v) is 10.00. The first-order valence-electron chi connectivity index (χ1n) is 11.5. The van der Waals surface area contributed by atoms with Crippen LogP contribution < -0.4 is 15.8 Å². The van der Waals surface area contributed by atoms with Gasteiger partial charge >= 0.3 is 21.5 Å². The van der Waals surface area contributed by atoms with Crippen LogP contribution in [0.2, 0.25) is 0 Å². The van der Waals surface area contributed by atoms with Gasteiger partial charge in [-0.2, -0.15) is 13.2 Å². The van der Waals surface area contributed by atoms with Gasteiger partial charge in [0.2, 0.25) is 11.8 Å². The maximum atomic E-state index is 12.8. The zero-order valence-electron chi connectivity index (χ0n) is 19.5. The third-order valence-electron chi connectivity index (χ3n) is 7.19. The van der Waals surface area contributed by atoms with Gasteiger partial charge in [0.25, 0.3) is 0 Å². The number of amides is 2. The summed E-state index contributed by atoms with van der Waals surface area (Å²) < 4.78 is 63.0. The summed E-state index contributed by atoms with van der Waals surface area (Å²) in [6.07, 6.45) is 1.16. The molecule has 11 nitrogen and oxygen atoms in total. The first-order chi connectivity index (χ1) is 16.6. The number of carbonyl (C=O) groups is 3. The van der Waals surface area contributed by atoms with Crippen molar-refractivity contribution in [1.29, 1.82) is 0 Å². The number of sulfonamides is 1. The Hall–Kier alpha value is -1.88. The minimum Gasteiger partial charge on any atom is -0.477 e. The van der Waals surface area contributed by atoms with Crippen LogP contribution in [0.15, 0.2) is 10.6 Å². The minimum atomic E-state index is -5.68. The largest absolute Gasteiger partial charge is 0.511 e. The number of fused-ring (bicyclic) bond motifs is 1. The van der Waals surface area contributed by atoms with Gasteiger partial charge in [0.05, 0.1) is 18.0 Å². The predicted octanol–water partition coefficient (Wildman–Crippen LogP) is -0.390. The Bertz CT molecular complexity index is 1100. The molecule has 0 saturated carbocycles. The Morgan fingerprint density at radius 2 is 2.00 bits per heavy atom. The van der Waals surface area contributed by atoms with Crippen molar-refractivity contribution < 1.29 is 41.1 Å². The molecular formula is C20H28F3N5O6S2. The van der Waals surface area contributed by atoms with E-state index in [2.05, 4.69) is 5.32 Å². The topological polar surface area (TPSA) is 162 Å². The molecule has 1 unspecified atom stereocenters. The van der Waals surface area contributed by atoms with Crippen molar-refractivity contribution in [1.82, 2.24) is 19.8 Å². The Morgan fingerprint density at radius 3 is 2.56 bits per heavy atom. The molecule has 2 amide bonds. The summed E-state index contributed by atoms with van der Waals surface area (Å²) in [6.45, 7) is 4.31. The Labute approximate surface area is 210 Å². The van der Waals surface area contributed by atoms with Gasteiger partial charge < -0.3 is 26.0 Å². The SMILES string of the molecule is CC(NS(=O)(=O)C(F)(F)F)[C@H]1C(=O)N2C(C(=O)O)=C(S[C@@H]3CN[C@H](C(=O)N4CC[C@@H](N)C4)C3)[C@H](C)[C@H]12. The Balaban J connectivity index is 1.46. The van der Waals surface area contributed by atoms with Gasteiger partial charge in [0, 0.05) is 47.8 Å². The second-order valence-corrected chi connectivity index (χ2v) is 12.7. The molecule has 4 rings (SSSR count). The molecule has 5 N–H and O–H groups in total. The van der Waals surface area contributed by atoms with E-state index < -0.39 is 57.4 Å². The van der Waals surface area contributed by atoms with Crippen LogP contribution in [0.25, 0.3) is 0 Å². The molecule has 4 aliphatic heterocycles. The molecule has 0 aromatic rings. The summed E-state index contributed by atoms with van der Waals surface area (Å²) in [7, 11) is -5.68. The van der Waals surface area contributed by atoms with E-state index in [0.29, 0.717) is 31.0 Å². The van der Waals surface area contributed by atoms with Crippen LogP contribution in [0, 0.1) is 11.8 Å². The first-order valence-corrected chi connectivity index (χ1v) is 13.8. The highest BCUT2D eigenvalue weighted by molar-refractivity contribution is 8.03. The number of carboxylic acids is 1. The van der Waals surface area contributed by atoms with Crippen LogP contribution in [0.1, 0.15) is 26.7 Å². The lowest BCUT2D eigenvalue weighted by Gasteiger charge is -2.47. The fraction of sp³-hybridized carbons (Fsp3) is 0.750. The number of carboxylic acid groups (broad SMARTS) is 1. The van der Waals surface area contributed by atoms with Crippen molar-refractivity contribution in [3.63, 3.8) is 0 Å². The molecule has 0 aromatic heterocycles. The van der Waals surface area contributed by atoms with Gasteiger partial charge in [-0.15, -0.1) is 11.8 Å². The number of thioether (sulfide) groups is 1. The first kappa shape index (κ1) is 27.2. The molecule has 16 heteroatoms. The van der Waals surface area contributed by atoms with Crippen molar-refractivity contribution in [2.75, 3.05) is 19.6 Å². The number of alkyl halides is 3. The van der Waals surface area contributed by atoms with Crippen LogP contribution in [0.3, 0.4) is 0 Å². The smallest absolute Gasteiger partial charge is 0.477 e. The van der Waals surface area contributed by atoms with Gasteiger partial charge in [-0.1, -0.05) is 6.92 Å². The number of β-lactam (4-membered cyclic amide) rings is 1.